The number of sulfonamides is 1. The summed E-state index contributed by atoms with van der Waals surface area (Å²) < 4.78 is 32.8. The van der Waals surface area contributed by atoms with E-state index in [1.165, 1.54) is 25.3 Å². The number of hydrogen-bond donors (Lipinski definition) is 2. The summed E-state index contributed by atoms with van der Waals surface area (Å²) in [4.78, 5) is 12.2. The van der Waals surface area contributed by atoms with E-state index in [1.54, 1.807) is 20.8 Å². The Morgan fingerprint density at radius 3 is 2.04 bits per heavy atom. The molecule has 0 radical (unpaired) electrons. The predicted octanol–water partition coefficient (Wildman–Crippen LogP) is 2.30. The van der Waals surface area contributed by atoms with Crippen molar-refractivity contribution < 1.29 is 17.9 Å². The predicted molar refractivity (Wildman–Crippen MR) is 90.3 cm³/mol. The van der Waals surface area contributed by atoms with E-state index < -0.39 is 21.1 Å². The van der Waals surface area contributed by atoms with E-state index in [9.17, 15) is 13.2 Å². The lowest BCUT2D eigenvalue weighted by molar-refractivity contribution is 0.0919. The first kappa shape index (κ1) is 19.4. The van der Waals surface area contributed by atoms with Crippen LogP contribution in [0, 0.1) is 0 Å². The third kappa shape index (κ3) is 5.84. The molecule has 0 saturated heterocycles. The second-order valence-corrected chi connectivity index (χ2v) is 9.08. The van der Waals surface area contributed by atoms with Crippen molar-refractivity contribution >= 4 is 15.9 Å². The fourth-order valence-corrected chi connectivity index (χ4v) is 3.51. The standard InChI is InChI=1S/C16H26N2O4S/c1-15(2,3)17-14(19)11-8-9-12(22-7)13(10-11)23(20,21)18-16(4,5)6/h8-10,18H,1-7H3,(H,17,19). The fourth-order valence-electron chi connectivity index (χ4n) is 1.90. The zero-order valence-corrected chi connectivity index (χ0v) is 15.6. The Bertz CT molecular complexity index is 683. The fraction of sp³-hybridized carbons (Fsp3) is 0.562. The molecule has 1 aromatic rings. The zero-order valence-electron chi connectivity index (χ0n) is 14.8. The van der Waals surface area contributed by atoms with Crippen LogP contribution < -0.4 is 14.8 Å². The molecule has 1 amide bonds. The smallest absolute Gasteiger partial charge is 0.251 e. The van der Waals surface area contributed by atoms with Gasteiger partial charge in [0.1, 0.15) is 10.6 Å². The van der Waals surface area contributed by atoms with E-state index in [-0.39, 0.29) is 22.1 Å². The number of ether oxygens (including phenoxy) is 1. The Morgan fingerprint density at radius 2 is 1.61 bits per heavy atom. The summed E-state index contributed by atoms with van der Waals surface area (Å²) in [6.07, 6.45) is 0. The second kappa shape index (κ2) is 6.49. The molecule has 0 heterocycles. The third-order valence-corrected chi connectivity index (χ3v) is 4.42. The first-order valence-electron chi connectivity index (χ1n) is 7.30. The second-order valence-electron chi connectivity index (χ2n) is 7.43. The van der Waals surface area contributed by atoms with Crippen LogP contribution in [0.2, 0.25) is 0 Å². The monoisotopic (exact) mass is 342 g/mol. The lowest BCUT2D eigenvalue weighted by Crippen LogP contribution is -2.41. The average molecular weight is 342 g/mol. The first-order chi connectivity index (χ1) is 10.2. The number of rotatable bonds is 4. The molecule has 0 bridgehead atoms. The van der Waals surface area contributed by atoms with Crippen LogP contribution in [0.4, 0.5) is 0 Å². The summed E-state index contributed by atoms with van der Waals surface area (Å²) >= 11 is 0. The molecule has 0 aliphatic rings. The molecule has 1 rings (SSSR count). The van der Waals surface area contributed by atoms with Crippen molar-refractivity contribution in [2.24, 2.45) is 0 Å². The molecule has 0 unspecified atom stereocenters. The molecular formula is C16H26N2O4S. The molecule has 23 heavy (non-hydrogen) atoms. The van der Waals surface area contributed by atoms with Crippen LogP contribution in [0.15, 0.2) is 23.1 Å². The largest absolute Gasteiger partial charge is 0.495 e. The van der Waals surface area contributed by atoms with Crippen LogP contribution in [-0.4, -0.2) is 32.5 Å². The summed E-state index contributed by atoms with van der Waals surface area (Å²) in [7, 11) is -2.43. The third-order valence-electron chi connectivity index (χ3n) is 2.64. The van der Waals surface area contributed by atoms with Crippen molar-refractivity contribution in [1.82, 2.24) is 10.0 Å². The Morgan fingerprint density at radius 1 is 1.04 bits per heavy atom. The molecule has 6 nitrogen and oxygen atoms in total. The van der Waals surface area contributed by atoms with Crippen molar-refractivity contribution in [2.75, 3.05) is 7.11 Å². The molecule has 1 aromatic carbocycles. The van der Waals surface area contributed by atoms with Gasteiger partial charge in [0.25, 0.3) is 5.91 Å². The van der Waals surface area contributed by atoms with E-state index in [2.05, 4.69) is 10.0 Å². The molecule has 0 aliphatic heterocycles. The maximum absolute atomic E-state index is 12.6. The van der Waals surface area contributed by atoms with Gasteiger partial charge in [-0.2, -0.15) is 0 Å². The highest BCUT2D eigenvalue weighted by Crippen LogP contribution is 2.26. The van der Waals surface area contributed by atoms with Crippen LogP contribution in [0.5, 0.6) is 5.75 Å². The molecule has 0 spiro atoms. The maximum Gasteiger partial charge on any atom is 0.251 e. The van der Waals surface area contributed by atoms with Crippen LogP contribution in [0.3, 0.4) is 0 Å². The van der Waals surface area contributed by atoms with Gasteiger partial charge in [0.2, 0.25) is 10.0 Å². The normalized spacial score (nSPS) is 12.8. The van der Waals surface area contributed by atoms with Gasteiger partial charge in [-0.1, -0.05) is 0 Å². The van der Waals surface area contributed by atoms with Crippen LogP contribution >= 0.6 is 0 Å². The Balaban J connectivity index is 3.32. The van der Waals surface area contributed by atoms with E-state index in [1.807, 2.05) is 20.8 Å². The lowest BCUT2D eigenvalue weighted by Gasteiger charge is -2.22. The highest BCUT2D eigenvalue weighted by molar-refractivity contribution is 7.89. The van der Waals surface area contributed by atoms with E-state index in [0.29, 0.717) is 0 Å². The van der Waals surface area contributed by atoms with Gasteiger partial charge in [0.05, 0.1) is 7.11 Å². The van der Waals surface area contributed by atoms with Crippen molar-refractivity contribution in [3.8, 4) is 5.75 Å². The van der Waals surface area contributed by atoms with Crippen molar-refractivity contribution in [1.29, 1.82) is 0 Å². The van der Waals surface area contributed by atoms with Gasteiger partial charge in [-0.3, -0.25) is 4.79 Å². The zero-order chi connectivity index (χ0) is 18.1. The number of methoxy groups -OCH3 is 1. The number of carbonyl (C=O) groups is 1. The minimum Gasteiger partial charge on any atom is -0.495 e. The minimum atomic E-state index is -3.82. The number of nitrogens with one attached hydrogen (secondary N) is 2. The topological polar surface area (TPSA) is 84.5 Å². The van der Waals surface area contributed by atoms with E-state index in [4.69, 9.17) is 4.74 Å². The van der Waals surface area contributed by atoms with Crippen molar-refractivity contribution in [2.45, 2.75) is 57.5 Å². The highest BCUT2D eigenvalue weighted by atomic mass is 32.2. The molecule has 0 aromatic heterocycles. The van der Waals surface area contributed by atoms with Gasteiger partial charge < -0.3 is 10.1 Å². The summed E-state index contributed by atoms with van der Waals surface area (Å²) in [6.45, 7) is 10.8. The molecule has 130 valence electrons. The number of benzene rings is 1. The highest BCUT2D eigenvalue weighted by Gasteiger charge is 2.27. The van der Waals surface area contributed by atoms with Crippen LogP contribution in [0.1, 0.15) is 51.9 Å². The first-order valence-corrected chi connectivity index (χ1v) is 8.78. The van der Waals surface area contributed by atoms with Gasteiger partial charge in [-0.25, -0.2) is 13.1 Å². The summed E-state index contributed by atoms with van der Waals surface area (Å²) in [6, 6.07) is 4.35. The van der Waals surface area contributed by atoms with Crippen molar-refractivity contribution in [3.05, 3.63) is 23.8 Å². The molecule has 0 atom stereocenters. The minimum absolute atomic E-state index is 0.0588. The van der Waals surface area contributed by atoms with E-state index in [0.717, 1.165) is 0 Å². The van der Waals surface area contributed by atoms with Crippen LogP contribution in [0.25, 0.3) is 0 Å². The maximum atomic E-state index is 12.6. The summed E-state index contributed by atoms with van der Waals surface area (Å²) in [5.41, 5.74) is -0.803. The molecule has 0 saturated carbocycles. The molecule has 2 N–H and O–H groups in total. The Hall–Kier alpha value is -1.60. The SMILES string of the molecule is COc1ccc(C(=O)NC(C)(C)C)cc1S(=O)(=O)NC(C)(C)C. The molecular weight excluding hydrogens is 316 g/mol. The quantitative estimate of drug-likeness (QED) is 0.879. The van der Waals surface area contributed by atoms with Crippen molar-refractivity contribution in [3.63, 3.8) is 0 Å². The number of carbonyl (C=O) groups excluding carboxylic acids is 1. The van der Waals surface area contributed by atoms with Gasteiger partial charge in [-0.05, 0) is 59.7 Å². The molecule has 0 aliphatic carbocycles. The van der Waals surface area contributed by atoms with Crippen LogP contribution in [-0.2, 0) is 10.0 Å². The molecule has 0 fully saturated rings. The summed E-state index contributed by atoms with van der Waals surface area (Å²) in [5.74, 6) is -0.151. The lowest BCUT2D eigenvalue weighted by atomic mass is 10.1. The van der Waals surface area contributed by atoms with Gasteiger partial charge in [0.15, 0.2) is 0 Å². The van der Waals surface area contributed by atoms with Gasteiger partial charge in [-0.15, -0.1) is 0 Å². The van der Waals surface area contributed by atoms with E-state index >= 15 is 0 Å². The van der Waals surface area contributed by atoms with Gasteiger partial charge in [0, 0.05) is 16.6 Å². The summed E-state index contributed by atoms with van der Waals surface area (Å²) in [5, 5.41) is 2.80. The Kier molecular flexibility index (Phi) is 5.49. The molecule has 7 heteroatoms. The average Bonchev–Trinajstić information content (AvgIpc) is 2.33. The number of hydrogen-bond acceptors (Lipinski definition) is 4. The number of amides is 1. The Labute approximate surface area is 138 Å². The van der Waals surface area contributed by atoms with Gasteiger partial charge >= 0.3 is 0 Å².